The molecule has 0 bridgehead atoms. The maximum atomic E-state index is 12.8. The molecule has 17 heavy (non-hydrogen) atoms. The van der Waals surface area contributed by atoms with Gasteiger partial charge in [-0.1, -0.05) is 12.1 Å². The first-order valence-electron chi connectivity index (χ1n) is 6.32. The fourth-order valence-electron chi connectivity index (χ4n) is 2.45. The summed E-state index contributed by atoms with van der Waals surface area (Å²) in [6, 6.07) is 6.85. The normalized spacial score (nSPS) is 26.1. The number of aliphatic hydroxyl groups is 1. The summed E-state index contributed by atoms with van der Waals surface area (Å²) in [6.45, 7) is 3.01. The van der Waals surface area contributed by atoms with Crippen LogP contribution < -0.4 is 5.32 Å². The Kier molecular flexibility index (Phi) is 4.13. The molecule has 1 saturated carbocycles. The van der Waals surface area contributed by atoms with Crippen molar-refractivity contribution < 1.29 is 9.50 Å². The Morgan fingerprint density at radius 1 is 1.35 bits per heavy atom. The van der Waals surface area contributed by atoms with E-state index in [-0.39, 0.29) is 18.0 Å². The molecule has 3 atom stereocenters. The Labute approximate surface area is 102 Å². The molecule has 1 aliphatic carbocycles. The van der Waals surface area contributed by atoms with Crippen molar-refractivity contribution in [2.24, 2.45) is 5.92 Å². The minimum absolute atomic E-state index is 0.108. The standard InChI is InChI=1S/C14H20FNO/c1-10(12-3-5-13(15)6-4-12)16-9-11-2-7-14(17)8-11/h3-6,10-11,14,16-17H,2,7-9H2,1H3. The van der Waals surface area contributed by atoms with Crippen LogP contribution in [-0.4, -0.2) is 17.8 Å². The second kappa shape index (κ2) is 5.61. The molecular weight excluding hydrogens is 217 g/mol. The Morgan fingerprint density at radius 3 is 2.65 bits per heavy atom. The number of nitrogens with one attached hydrogen (secondary N) is 1. The van der Waals surface area contributed by atoms with Crippen LogP contribution in [-0.2, 0) is 0 Å². The molecular formula is C14H20FNO. The topological polar surface area (TPSA) is 32.3 Å². The van der Waals surface area contributed by atoms with E-state index in [1.54, 1.807) is 0 Å². The van der Waals surface area contributed by atoms with Gasteiger partial charge in [-0.3, -0.25) is 0 Å². The summed E-state index contributed by atoms with van der Waals surface area (Å²) in [4.78, 5) is 0. The molecule has 3 heteroatoms. The largest absolute Gasteiger partial charge is 0.393 e. The van der Waals surface area contributed by atoms with Crippen LogP contribution in [0.1, 0.15) is 37.8 Å². The van der Waals surface area contributed by atoms with Gasteiger partial charge in [0, 0.05) is 6.04 Å². The molecule has 1 aromatic rings. The zero-order valence-electron chi connectivity index (χ0n) is 10.2. The van der Waals surface area contributed by atoms with Crippen LogP contribution >= 0.6 is 0 Å². The van der Waals surface area contributed by atoms with Crippen molar-refractivity contribution in [1.82, 2.24) is 5.32 Å². The molecule has 94 valence electrons. The Morgan fingerprint density at radius 2 is 2.06 bits per heavy atom. The molecule has 0 heterocycles. The smallest absolute Gasteiger partial charge is 0.123 e. The summed E-state index contributed by atoms with van der Waals surface area (Å²) in [5.74, 6) is 0.382. The first kappa shape index (κ1) is 12.5. The lowest BCUT2D eigenvalue weighted by molar-refractivity contribution is 0.177. The molecule has 0 spiro atoms. The van der Waals surface area contributed by atoms with E-state index in [0.717, 1.165) is 31.4 Å². The number of rotatable bonds is 4. The lowest BCUT2D eigenvalue weighted by Gasteiger charge is -2.17. The Hall–Kier alpha value is -0.930. The van der Waals surface area contributed by atoms with Crippen LogP contribution in [0, 0.1) is 11.7 Å². The van der Waals surface area contributed by atoms with E-state index in [1.165, 1.54) is 12.1 Å². The number of benzene rings is 1. The first-order chi connectivity index (χ1) is 8.15. The minimum Gasteiger partial charge on any atom is -0.393 e. The fourth-order valence-corrected chi connectivity index (χ4v) is 2.45. The molecule has 0 aliphatic heterocycles. The molecule has 2 nitrogen and oxygen atoms in total. The second-order valence-corrected chi connectivity index (χ2v) is 5.01. The van der Waals surface area contributed by atoms with Gasteiger partial charge in [0.15, 0.2) is 0 Å². The molecule has 1 aromatic carbocycles. The number of aliphatic hydroxyl groups excluding tert-OH is 1. The average Bonchev–Trinajstić information content (AvgIpc) is 2.73. The highest BCUT2D eigenvalue weighted by atomic mass is 19.1. The molecule has 0 radical (unpaired) electrons. The third kappa shape index (κ3) is 3.51. The molecule has 2 rings (SSSR count). The second-order valence-electron chi connectivity index (χ2n) is 5.01. The van der Waals surface area contributed by atoms with Gasteiger partial charge >= 0.3 is 0 Å². The quantitative estimate of drug-likeness (QED) is 0.843. The van der Waals surface area contributed by atoms with Gasteiger partial charge in [0.25, 0.3) is 0 Å². The lowest BCUT2D eigenvalue weighted by atomic mass is 10.1. The van der Waals surface area contributed by atoms with E-state index in [0.29, 0.717) is 5.92 Å². The summed E-state index contributed by atoms with van der Waals surface area (Å²) in [6.07, 6.45) is 2.83. The van der Waals surface area contributed by atoms with Crippen LogP contribution in [0.3, 0.4) is 0 Å². The van der Waals surface area contributed by atoms with Gasteiger partial charge in [0.2, 0.25) is 0 Å². The van der Waals surface area contributed by atoms with Crippen LogP contribution in [0.25, 0.3) is 0 Å². The van der Waals surface area contributed by atoms with Crippen LogP contribution in [0.15, 0.2) is 24.3 Å². The number of halogens is 1. The summed E-state index contributed by atoms with van der Waals surface area (Å²) < 4.78 is 12.8. The predicted molar refractivity (Wildman–Crippen MR) is 66.2 cm³/mol. The molecule has 3 unspecified atom stereocenters. The highest BCUT2D eigenvalue weighted by Gasteiger charge is 2.22. The van der Waals surface area contributed by atoms with Gasteiger partial charge in [0.1, 0.15) is 5.82 Å². The van der Waals surface area contributed by atoms with Crippen molar-refractivity contribution in [3.63, 3.8) is 0 Å². The predicted octanol–water partition coefficient (Wildman–Crippen LogP) is 2.64. The minimum atomic E-state index is -0.195. The van der Waals surface area contributed by atoms with E-state index in [4.69, 9.17) is 0 Å². The molecule has 1 fully saturated rings. The molecule has 1 aliphatic rings. The van der Waals surface area contributed by atoms with Crippen molar-refractivity contribution >= 4 is 0 Å². The SMILES string of the molecule is CC(NCC1CCC(O)C1)c1ccc(F)cc1. The third-order valence-corrected chi connectivity index (χ3v) is 3.60. The van der Waals surface area contributed by atoms with Gasteiger partial charge in [-0.25, -0.2) is 4.39 Å². The zero-order valence-corrected chi connectivity index (χ0v) is 10.2. The fraction of sp³-hybridized carbons (Fsp3) is 0.571. The summed E-state index contributed by atoms with van der Waals surface area (Å²) in [5.41, 5.74) is 1.10. The maximum absolute atomic E-state index is 12.8. The summed E-state index contributed by atoms with van der Waals surface area (Å²) in [5, 5.41) is 12.9. The van der Waals surface area contributed by atoms with E-state index in [9.17, 15) is 9.50 Å². The van der Waals surface area contributed by atoms with Gasteiger partial charge < -0.3 is 10.4 Å². The highest BCUT2D eigenvalue weighted by molar-refractivity contribution is 5.19. The van der Waals surface area contributed by atoms with E-state index in [1.807, 2.05) is 12.1 Å². The van der Waals surface area contributed by atoms with E-state index >= 15 is 0 Å². The molecule has 0 aromatic heterocycles. The van der Waals surface area contributed by atoms with Gasteiger partial charge in [0.05, 0.1) is 6.10 Å². The van der Waals surface area contributed by atoms with Crippen molar-refractivity contribution in [2.75, 3.05) is 6.54 Å². The van der Waals surface area contributed by atoms with Gasteiger partial charge in [-0.05, 0) is 56.3 Å². The molecule has 0 saturated heterocycles. The Balaban J connectivity index is 1.81. The third-order valence-electron chi connectivity index (χ3n) is 3.60. The maximum Gasteiger partial charge on any atom is 0.123 e. The van der Waals surface area contributed by atoms with Crippen LogP contribution in [0.5, 0.6) is 0 Å². The van der Waals surface area contributed by atoms with E-state index < -0.39 is 0 Å². The summed E-state index contributed by atoms with van der Waals surface area (Å²) >= 11 is 0. The summed E-state index contributed by atoms with van der Waals surface area (Å²) in [7, 11) is 0. The van der Waals surface area contributed by atoms with Crippen LogP contribution in [0.2, 0.25) is 0 Å². The van der Waals surface area contributed by atoms with E-state index in [2.05, 4.69) is 12.2 Å². The average molecular weight is 237 g/mol. The van der Waals surface area contributed by atoms with Crippen molar-refractivity contribution in [2.45, 2.75) is 38.3 Å². The Bertz CT molecular complexity index is 352. The molecule has 0 amide bonds. The number of hydrogen-bond acceptors (Lipinski definition) is 2. The zero-order chi connectivity index (χ0) is 12.3. The van der Waals surface area contributed by atoms with Gasteiger partial charge in [-0.2, -0.15) is 0 Å². The van der Waals surface area contributed by atoms with Crippen molar-refractivity contribution in [3.05, 3.63) is 35.6 Å². The first-order valence-corrected chi connectivity index (χ1v) is 6.32. The lowest BCUT2D eigenvalue weighted by Crippen LogP contribution is -2.25. The monoisotopic (exact) mass is 237 g/mol. The highest BCUT2D eigenvalue weighted by Crippen LogP contribution is 2.25. The van der Waals surface area contributed by atoms with Gasteiger partial charge in [-0.15, -0.1) is 0 Å². The van der Waals surface area contributed by atoms with Crippen molar-refractivity contribution in [1.29, 1.82) is 0 Å². The number of hydrogen-bond donors (Lipinski definition) is 2. The van der Waals surface area contributed by atoms with Crippen molar-refractivity contribution in [3.8, 4) is 0 Å². The van der Waals surface area contributed by atoms with Crippen LogP contribution in [0.4, 0.5) is 4.39 Å². The molecule has 2 N–H and O–H groups in total.